The van der Waals surface area contributed by atoms with E-state index in [0.717, 1.165) is 30.5 Å². The minimum Gasteiger partial charge on any atom is -0.256 e. The molecule has 1 atom stereocenters. The van der Waals surface area contributed by atoms with Gasteiger partial charge >= 0.3 is 10.2 Å². The van der Waals surface area contributed by atoms with Crippen molar-refractivity contribution in [3.63, 3.8) is 0 Å². The smallest absolute Gasteiger partial charge is 0.256 e. The van der Waals surface area contributed by atoms with E-state index in [9.17, 15) is 8.42 Å². The maximum Gasteiger partial charge on any atom is 0.326 e. The molecule has 2 aliphatic rings. The van der Waals surface area contributed by atoms with Crippen LogP contribution in [0.5, 0.6) is 0 Å². The third kappa shape index (κ3) is 3.16. The van der Waals surface area contributed by atoms with Crippen molar-refractivity contribution < 1.29 is 8.42 Å². The zero-order valence-electron chi connectivity index (χ0n) is 14.1. The monoisotopic (exact) mass is 354 g/mol. The second-order valence-corrected chi connectivity index (χ2v) is 8.47. The fourth-order valence-corrected chi connectivity index (χ4v) is 5.30. The van der Waals surface area contributed by atoms with Gasteiger partial charge in [0.15, 0.2) is 0 Å². The zero-order valence-corrected chi connectivity index (χ0v) is 14.9. The standard InChI is InChI=1S/C20H22N2O2S/c23-25(24)21(15-17-7-3-1-4-8-17)16-20-12-11-19(13-14-22(20)25)18-9-5-2-6-10-18/h1-10,16,19H,11-15H2. The topological polar surface area (TPSA) is 40.6 Å². The first-order valence-electron chi connectivity index (χ1n) is 8.74. The molecule has 2 aliphatic heterocycles. The highest BCUT2D eigenvalue weighted by Crippen LogP contribution is 2.37. The van der Waals surface area contributed by atoms with Crippen molar-refractivity contribution in [2.45, 2.75) is 31.7 Å². The van der Waals surface area contributed by atoms with Crippen molar-refractivity contribution in [1.29, 1.82) is 0 Å². The second kappa shape index (κ2) is 6.56. The minimum atomic E-state index is -3.44. The Balaban J connectivity index is 1.54. The van der Waals surface area contributed by atoms with E-state index in [-0.39, 0.29) is 0 Å². The summed E-state index contributed by atoms with van der Waals surface area (Å²) < 4.78 is 29.0. The van der Waals surface area contributed by atoms with Crippen molar-refractivity contribution in [2.24, 2.45) is 0 Å². The van der Waals surface area contributed by atoms with Gasteiger partial charge in [0.25, 0.3) is 0 Å². The summed E-state index contributed by atoms with van der Waals surface area (Å²) in [5.74, 6) is 0.422. The highest BCUT2D eigenvalue weighted by atomic mass is 32.2. The maximum absolute atomic E-state index is 12.9. The van der Waals surface area contributed by atoms with Crippen LogP contribution in [0.3, 0.4) is 0 Å². The number of nitrogens with zero attached hydrogens (tertiary/aromatic N) is 2. The lowest BCUT2D eigenvalue weighted by molar-refractivity contribution is 0.440. The molecule has 0 bridgehead atoms. The first-order valence-corrected chi connectivity index (χ1v) is 10.1. The Morgan fingerprint density at radius 1 is 0.920 bits per heavy atom. The third-order valence-corrected chi connectivity index (χ3v) is 6.87. The molecule has 5 heteroatoms. The van der Waals surface area contributed by atoms with Crippen LogP contribution in [-0.2, 0) is 16.8 Å². The Hall–Kier alpha value is -2.27. The van der Waals surface area contributed by atoms with Crippen LogP contribution in [0.25, 0.3) is 0 Å². The van der Waals surface area contributed by atoms with E-state index in [2.05, 4.69) is 24.3 Å². The molecule has 4 nitrogen and oxygen atoms in total. The second-order valence-electron chi connectivity index (χ2n) is 6.67. The van der Waals surface area contributed by atoms with Crippen LogP contribution < -0.4 is 0 Å². The number of hydrogen-bond acceptors (Lipinski definition) is 2. The fraction of sp³-hybridized carbons (Fsp3) is 0.300. The molecule has 4 rings (SSSR count). The van der Waals surface area contributed by atoms with Gasteiger partial charge in [-0.25, -0.2) is 0 Å². The van der Waals surface area contributed by atoms with Gasteiger partial charge in [0, 0.05) is 18.4 Å². The molecule has 0 amide bonds. The lowest BCUT2D eigenvalue weighted by atomic mass is 9.92. The summed E-state index contributed by atoms with van der Waals surface area (Å²) in [5.41, 5.74) is 3.24. The van der Waals surface area contributed by atoms with Gasteiger partial charge in [-0.2, -0.15) is 8.42 Å². The summed E-state index contributed by atoms with van der Waals surface area (Å²) in [6.45, 7) is 0.949. The van der Waals surface area contributed by atoms with E-state index < -0.39 is 10.2 Å². The molecule has 0 radical (unpaired) electrons. The van der Waals surface area contributed by atoms with E-state index >= 15 is 0 Å². The van der Waals surface area contributed by atoms with E-state index in [1.165, 1.54) is 9.87 Å². The van der Waals surface area contributed by atoms with E-state index in [1.807, 2.05) is 42.6 Å². The normalized spacial score (nSPS) is 22.2. The largest absolute Gasteiger partial charge is 0.326 e. The first kappa shape index (κ1) is 16.2. The van der Waals surface area contributed by atoms with Crippen LogP contribution >= 0.6 is 0 Å². The molecule has 25 heavy (non-hydrogen) atoms. The van der Waals surface area contributed by atoms with Gasteiger partial charge in [0.2, 0.25) is 0 Å². The number of hydrogen-bond donors (Lipinski definition) is 0. The fourth-order valence-electron chi connectivity index (χ4n) is 3.71. The van der Waals surface area contributed by atoms with E-state index in [4.69, 9.17) is 0 Å². The Kier molecular flexibility index (Phi) is 4.25. The van der Waals surface area contributed by atoms with E-state index in [1.54, 1.807) is 4.31 Å². The number of benzene rings is 2. The third-order valence-electron chi connectivity index (χ3n) is 5.07. The molecule has 2 aromatic rings. The van der Waals surface area contributed by atoms with Gasteiger partial charge in [0.05, 0.1) is 6.54 Å². The zero-order chi connectivity index (χ0) is 17.3. The lowest BCUT2D eigenvalue weighted by Crippen LogP contribution is -2.34. The number of fused-ring (bicyclic) bond motifs is 1. The number of allylic oxidation sites excluding steroid dienone is 1. The Bertz CT molecular complexity index is 863. The first-order chi connectivity index (χ1) is 12.1. The maximum atomic E-state index is 12.9. The average Bonchev–Trinajstić information content (AvgIpc) is 2.79. The molecule has 130 valence electrons. The summed E-state index contributed by atoms with van der Waals surface area (Å²) in [4.78, 5) is 0. The van der Waals surface area contributed by atoms with Gasteiger partial charge in [-0.1, -0.05) is 60.7 Å². The van der Waals surface area contributed by atoms with Gasteiger partial charge in [-0.15, -0.1) is 0 Å². The van der Waals surface area contributed by atoms with Gasteiger partial charge in [0.1, 0.15) is 0 Å². The van der Waals surface area contributed by atoms with Crippen LogP contribution in [0.15, 0.2) is 72.6 Å². The molecule has 0 spiro atoms. The average molecular weight is 354 g/mol. The van der Waals surface area contributed by atoms with Crippen LogP contribution in [0.4, 0.5) is 0 Å². The molecular weight excluding hydrogens is 332 g/mol. The van der Waals surface area contributed by atoms with Crippen molar-refractivity contribution in [3.05, 3.63) is 83.7 Å². The van der Waals surface area contributed by atoms with Crippen molar-refractivity contribution in [2.75, 3.05) is 6.54 Å². The summed E-state index contributed by atoms with van der Waals surface area (Å²) in [6, 6.07) is 20.2. The molecule has 0 saturated carbocycles. The van der Waals surface area contributed by atoms with Crippen LogP contribution in [-0.4, -0.2) is 23.6 Å². The summed E-state index contributed by atoms with van der Waals surface area (Å²) in [6.07, 6.45) is 4.47. The van der Waals surface area contributed by atoms with Gasteiger partial charge in [-0.3, -0.25) is 8.61 Å². The van der Waals surface area contributed by atoms with Crippen molar-refractivity contribution in [1.82, 2.24) is 8.61 Å². The quantitative estimate of drug-likeness (QED) is 0.840. The molecule has 2 aromatic carbocycles. The van der Waals surface area contributed by atoms with Crippen LogP contribution in [0.1, 0.15) is 36.3 Å². The Morgan fingerprint density at radius 3 is 2.32 bits per heavy atom. The predicted molar refractivity (Wildman–Crippen MR) is 98.7 cm³/mol. The SMILES string of the molecule is O=S1(=O)N(Cc2ccccc2)C=C2CCC(c3ccccc3)CCN21. The highest BCUT2D eigenvalue weighted by molar-refractivity contribution is 7.87. The predicted octanol–water partition coefficient (Wildman–Crippen LogP) is 3.86. The van der Waals surface area contributed by atoms with Crippen molar-refractivity contribution in [3.8, 4) is 0 Å². The molecule has 1 saturated heterocycles. The van der Waals surface area contributed by atoms with Gasteiger partial charge in [-0.05, 0) is 36.3 Å². The highest BCUT2D eigenvalue weighted by Gasteiger charge is 2.38. The lowest BCUT2D eigenvalue weighted by Gasteiger charge is -2.23. The molecule has 0 aromatic heterocycles. The number of rotatable bonds is 3. The summed E-state index contributed by atoms with van der Waals surface area (Å²) >= 11 is 0. The molecule has 0 N–H and O–H groups in total. The molecular formula is C20H22N2O2S. The molecule has 2 heterocycles. The Morgan fingerprint density at radius 2 is 1.60 bits per heavy atom. The van der Waals surface area contributed by atoms with Crippen molar-refractivity contribution >= 4 is 10.2 Å². The van der Waals surface area contributed by atoms with Gasteiger partial charge < -0.3 is 0 Å². The van der Waals surface area contributed by atoms with Crippen LogP contribution in [0, 0.1) is 0 Å². The minimum absolute atomic E-state index is 0.394. The van der Waals surface area contributed by atoms with E-state index in [0.29, 0.717) is 19.0 Å². The molecule has 1 fully saturated rings. The summed E-state index contributed by atoms with van der Waals surface area (Å²) in [5, 5.41) is 0. The summed E-state index contributed by atoms with van der Waals surface area (Å²) in [7, 11) is -3.44. The van der Waals surface area contributed by atoms with Crippen LogP contribution in [0.2, 0.25) is 0 Å². The Labute approximate surface area is 149 Å². The molecule has 0 aliphatic carbocycles. The molecule has 1 unspecified atom stereocenters.